The molecule has 0 spiro atoms. The zero-order chi connectivity index (χ0) is 17.3. The molecule has 138 valence electrons. The normalized spacial score (nSPS) is 12.3. The SMILES string of the molecule is CCN[C@H](C)CNC(=O)c1cccc(S(=O)(=O)NCCOC)c1.Cl. The molecule has 3 N–H and O–H groups in total. The second-order valence-corrected chi connectivity index (χ2v) is 6.85. The van der Waals surface area contributed by atoms with Crippen LogP contribution in [-0.2, 0) is 14.8 Å². The topological polar surface area (TPSA) is 96.5 Å². The molecular formula is C15H26ClN3O4S. The molecule has 0 unspecified atom stereocenters. The Kier molecular flexibility index (Phi) is 10.8. The first-order valence-corrected chi connectivity index (χ1v) is 8.99. The largest absolute Gasteiger partial charge is 0.383 e. The van der Waals surface area contributed by atoms with E-state index in [1.807, 2.05) is 13.8 Å². The van der Waals surface area contributed by atoms with E-state index in [0.29, 0.717) is 12.1 Å². The van der Waals surface area contributed by atoms with Crippen LogP contribution < -0.4 is 15.4 Å². The van der Waals surface area contributed by atoms with E-state index in [0.717, 1.165) is 6.54 Å². The molecule has 1 atom stereocenters. The fraction of sp³-hybridized carbons (Fsp3) is 0.533. The third-order valence-corrected chi connectivity index (χ3v) is 4.58. The highest BCUT2D eigenvalue weighted by Gasteiger charge is 2.16. The molecule has 1 amide bonds. The van der Waals surface area contributed by atoms with E-state index >= 15 is 0 Å². The first-order valence-electron chi connectivity index (χ1n) is 7.51. The van der Waals surface area contributed by atoms with Crippen LogP contribution in [0.15, 0.2) is 29.2 Å². The molecule has 9 heteroatoms. The molecular weight excluding hydrogens is 354 g/mol. The Labute approximate surface area is 150 Å². The summed E-state index contributed by atoms with van der Waals surface area (Å²) in [6, 6.07) is 6.09. The van der Waals surface area contributed by atoms with Gasteiger partial charge in [0.1, 0.15) is 0 Å². The summed E-state index contributed by atoms with van der Waals surface area (Å²) in [6.45, 7) is 5.69. The fourth-order valence-electron chi connectivity index (χ4n) is 1.93. The summed E-state index contributed by atoms with van der Waals surface area (Å²) in [7, 11) is -2.16. The van der Waals surface area contributed by atoms with Crippen molar-refractivity contribution in [3.63, 3.8) is 0 Å². The van der Waals surface area contributed by atoms with E-state index in [1.54, 1.807) is 12.1 Å². The van der Waals surface area contributed by atoms with Crippen LogP contribution in [0.3, 0.4) is 0 Å². The number of amides is 1. The summed E-state index contributed by atoms with van der Waals surface area (Å²) in [5.41, 5.74) is 0.309. The smallest absolute Gasteiger partial charge is 0.251 e. The van der Waals surface area contributed by atoms with Crippen LogP contribution in [0.2, 0.25) is 0 Å². The van der Waals surface area contributed by atoms with Gasteiger partial charge in [0, 0.05) is 31.8 Å². The summed E-state index contributed by atoms with van der Waals surface area (Å²) in [5, 5.41) is 5.96. The number of halogens is 1. The second-order valence-electron chi connectivity index (χ2n) is 5.09. The number of ether oxygens (including phenoxy) is 1. The average Bonchev–Trinajstić information content (AvgIpc) is 2.53. The van der Waals surface area contributed by atoms with Gasteiger partial charge >= 0.3 is 0 Å². The van der Waals surface area contributed by atoms with Crippen LogP contribution in [0.5, 0.6) is 0 Å². The number of nitrogens with one attached hydrogen (secondary N) is 3. The first kappa shape index (κ1) is 22.8. The number of likely N-dealkylation sites (N-methyl/N-ethyl adjacent to an activating group) is 1. The maximum atomic E-state index is 12.1. The first-order chi connectivity index (χ1) is 10.9. The molecule has 0 aliphatic rings. The quantitative estimate of drug-likeness (QED) is 0.521. The Balaban J connectivity index is 0.00000529. The Morgan fingerprint density at radius 1 is 1.33 bits per heavy atom. The van der Waals surface area contributed by atoms with Gasteiger partial charge in [-0.1, -0.05) is 13.0 Å². The molecule has 1 rings (SSSR count). The lowest BCUT2D eigenvalue weighted by atomic mass is 10.2. The maximum absolute atomic E-state index is 12.1. The number of hydrogen-bond acceptors (Lipinski definition) is 5. The van der Waals surface area contributed by atoms with Crippen molar-refractivity contribution < 1.29 is 17.9 Å². The zero-order valence-corrected chi connectivity index (χ0v) is 15.8. The monoisotopic (exact) mass is 379 g/mol. The molecule has 7 nitrogen and oxygen atoms in total. The highest BCUT2D eigenvalue weighted by molar-refractivity contribution is 7.89. The molecule has 0 aromatic heterocycles. The Morgan fingerprint density at radius 2 is 2.04 bits per heavy atom. The third-order valence-electron chi connectivity index (χ3n) is 3.13. The van der Waals surface area contributed by atoms with Crippen LogP contribution in [-0.4, -0.2) is 53.7 Å². The van der Waals surface area contributed by atoms with Crippen molar-refractivity contribution in [3.8, 4) is 0 Å². The number of carbonyl (C=O) groups is 1. The van der Waals surface area contributed by atoms with Gasteiger partial charge in [-0.2, -0.15) is 0 Å². The third kappa shape index (κ3) is 7.59. The Morgan fingerprint density at radius 3 is 2.67 bits per heavy atom. The average molecular weight is 380 g/mol. The number of sulfonamides is 1. The fourth-order valence-corrected chi connectivity index (χ4v) is 2.99. The van der Waals surface area contributed by atoms with E-state index in [2.05, 4.69) is 15.4 Å². The number of hydrogen-bond donors (Lipinski definition) is 3. The Hall–Kier alpha value is -1.19. The van der Waals surface area contributed by atoms with Gasteiger partial charge in [0.2, 0.25) is 10.0 Å². The molecule has 1 aromatic carbocycles. The van der Waals surface area contributed by atoms with Gasteiger partial charge in [0.15, 0.2) is 0 Å². The predicted octanol–water partition coefficient (Wildman–Crippen LogP) is 0.761. The van der Waals surface area contributed by atoms with Crippen molar-refractivity contribution >= 4 is 28.3 Å². The Bertz CT molecular complexity index is 610. The van der Waals surface area contributed by atoms with Gasteiger partial charge in [0.25, 0.3) is 5.91 Å². The minimum Gasteiger partial charge on any atom is -0.383 e. The van der Waals surface area contributed by atoms with Crippen molar-refractivity contribution in [2.75, 3.05) is 33.4 Å². The molecule has 0 saturated carbocycles. The predicted molar refractivity (Wildman–Crippen MR) is 96.2 cm³/mol. The van der Waals surface area contributed by atoms with E-state index in [1.165, 1.54) is 19.2 Å². The highest BCUT2D eigenvalue weighted by atomic mass is 35.5. The maximum Gasteiger partial charge on any atom is 0.251 e. The van der Waals surface area contributed by atoms with Crippen LogP contribution in [0.1, 0.15) is 24.2 Å². The molecule has 0 aliphatic heterocycles. The molecule has 1 aromatic rings. The summed E-state index contributed by atoms with van der Waals surface area (Å²) in [6.07, 6.45) is 0. The van der Waals surface area contributed by atoms with Gasteiger partial charge in [0.05, 0.1) is 11.5 Å². The molecule has 0 saturated heterocycles. The standard InChI is InChI=1S/C15H25N3O4S.ClH/c1-4-16-12(2)11-17-15(19)13-6-5-7-14(10-13)23(20,21)18-8-9-22-3;/h5-7,10,12,16,18H,4,8-9,11H2,1-3H3,(H,17,19);1H/t12-;/m1./s1. The number of rotatable bonds is 10. The summed E-state index contributed by atoms with van der Waals surface area (Å²) >= 11 is 0. The van der Waals surface area contributed by atoms with Crippen LogP contribution in [0, 0.1) is 0 Å². The van der Waals surface area contributed by atoms with Crippen LogP contribution in [0.4, 0.5) is 0 Å². The van der Waals surface area contributed by atoms with E-state index in [-0.39, 0.29) is 42.4 Å². The van der Waals surface area contributed by atoms with Crippen molar-refractivity contribution in [3.05, 3.63) is 29.8 Å². The van der Waals surface area contributed by atoms with Crippen LogP contribution in [0.25, 0.3) is 0 Å². The lowest BCUT2D eigenvalue weighted by molar-refractivity contribution is 0.0950. The number of benzene rings is 1. The van der Waals surface area contributed by atoms with Crippen molar-refractivity contribution in [2.24, 2.45) is 0 Å². The van der Waals surface area contributed by atoms with Gasteiger partial charge in [-0.3, -0.25) is 4.79 Å². The van der Waals surface area contributed by atoms with Crippen LogP contribution >= 0.6 is 12.4 Å². The van der Waals surface area contributed by atoms with E-state index in [9.17, 15) is 13.2 Å². The number of carbonyl (C=O) groups excluding carboxylic acids is 1. The molecule has 0 bridgehead atoms. The summed E-state index contributed by atoms with van der Waals surface area (Å²) in [4.78, 5) is 12.2. The molecule has 24 heavy (non-hydrogen) atoms. The van der Waals surface area contributed by atoms with Crippen molar-refractivity contribution in [1.82, 2.24) is 15.4 Å². The minimum absolute atomic E-state index is 0. The van der Waals surface area contributed by atoms with Crippen molar-refractivity contribution in [1.29, 1.82) is 0 Å². The molecule has 0 aliphatic carbocycles. The van der Waals surface area contributed by atoms with Gasteiger partial charge in [-0.05, 0) is 31.7 Å². The molecule has 0 heterocycles. The van der Waals surface area contributed by atoms with E-state index < -0.39 is 10.0 Å². The number of methoxy groups -OCH3 is 1. The second kappa shape index (κ2) is 11.4. The zero-order valence-electron chi connectivity index (χ0n) is 14.2. The summed E-state index contributed by atoms with van der Waals surface area (Å²) in [5.74, 6) is -0.302. The molecule has 0 radical (unpaired) electrons. The van der Waals surface area contributed by atoms with Crippen molar-refractivity contribution in [2.45, 2.75) is 24.8 Å². The lowest BCUT2D eigenvalue weighted by Gasteiger charge is -2.13. The lowest BCUT2D eigenvalue weighted by Crippen LogP contribution is -2.38. The highest BCUT2D eigenvalue weighted by Crippen LogP contribution is 2.11. The van der Waals surface area contributed by atoms with Gasteiger partial charge in [-0.25, -0.2) is 13.1 Å². The van der Waals surface area contributed by atoms with Gasteiger partial charge < -0.3 is 15.4 Å². The van der Waals surface area contributed by atoms with E-state index in [4.69, 9.17) is 4.74 Å². The minimum atomic E-state index is -3.65. The summed E-state index contributed by atoms with van der Waals surface area (Å²) < 4.78 is 31.5. The van der Waals surface area contributed by atoms with Gasteiger partial charge in [-0.15, -0.1) is 12.4 Å². The molecule has 0 fully saturated rings.